The van der Waals surface area contributed by atoms with Crippen molar-refractivity contribution in [2.75, 3.05) is 14.2 Å². The quantitative estimate of drug-likeness (QED) is 0.740. The lowest BCUT2D eigenvalue weighted by Gasteiger charge is -2.16. The molecule has 0 N–H and O–H groups in total. The summed E-state index contributed by atoms with van der Waals surface area (Å²) in [5.41, 5.74) is 2.85. The van der Waals surface area contributed by atoms with Crippen molar-refractivity contribution >= 4 is 23.2 Å². The standard InChI is InChI=1S/C16H16Cl2O2/c1-10-4-5-11(8-15(10)20-3)16(18)13-9-12(17)6-7-14(13)19-2/h4-9,16H,1-3H3. The van der Waals surface area contributed by atoms with E-state index >= 15 is 0 Å². The second kappa shape index (κ2) is 6.38. The molecule has 20 heavy (non-hydrogen) atoms. The first-order valence-corrected chi connectivity index (χ1v) is 7.00. The molecule has 1 atom stereocenters. The third-order valence-corrected chi connectivity index (χ3v) is 3.91. The van der Waals surface area contributed by atoms with Gasteiger partial charge in [-0.1, -0.05) is 23.7 Å². The summed E-state index contributed by atoms with van der Waals surface area (Å²) in [6, 6.07) is 11.3. The highest BCUT2D eigenvalue weighted by molar-refractivity contribution is 6.31. The van der Waals surface area contributed by atoms with E-state index in [4.69, 9.17) is 32.7 Å². The van der Waals surface area contributed by atoms with Crippen molar-refractivity contribution in [2.45, 2.75) is 12.3 Å². The normalized spacial score (nSPS) is 12.1. The average Bonchev–Trinajstić information content (AvgIpc) is 2.47. The third-order valence-electron chi connectivity index (χ3n) is 3.19. The van der Waals surface area contributed by atoms with Crippen LogP contribution >= 0.6 is 23.2 Å². The van der Waals surface area contributed by atoms with Crippen molar-refractivity contribution in [3.05, 3.63) is 58.1 Å². The fourth-order valence-corrected chi connectivity index (χ4v) is 2.56. The van der Waals surface area contributed by atoms with Crippen LogP contribution in [0.1, 0.15) is 22.1 Å². The van der Waals surface area contributed by atoms with E-state index in [0.29, 0.717) is 10.8 Å². The number of alkyl halides is 1. The van der Waals surface area contributed by atoms with Gasteiger partial charge in [-0.05, 0) is 42.3 Å². The minimum atomic E-state index is -0.349. The molecule has 0 heterocycles. The van der Waals surface area contributed by atoms with Gasteiger partial charge in [-0.15, -0.1) is 11.6 Å². The average molecular weight is 311 g/mol. The van der Waals surface area contributed by atoms with Crippen molar-refractivity contribution in [1.82, 2.24) is 0 Å². The van der Waals surface area contributed by atoms with E-state index in [2.05, 4.69) is 0 Å². The second-order valence-electron chi connectivity index (χ2n) is 4.48. The molecule has 0 aliphatic rings. The SMILES string of the molecule is COc1cc(C(Cl)c2cc(Cl)ccc2OC)ccc1C. The zero-order chi connectivity index (χ0) is 14.7. The van der Waals surface area contributed by atoms with Crippen LogP contribution in [0, 0.1) is 6.92 Å². The van der Waals surface area contributed by atoms with Gasteiger partial charge in [-0.2, -0.15) is 0 Å². The summed E-state index contributed by atoms with van der Waals surface area (Å²) in [4.78, 5) is 0. The summed E-state index contributed by atoms with van der Waals surface area (Å²) in [6.45, 7) is 1.99. The molecule has 2 aromatic rings. The van der Waals surface area contributed by atoms with E-state index < -0.39 is 0 Å². The summed E-state index contributed by atoms with van der Waals surface area (Å²) >= 11 is 12.6. The minimum Gasteiger partial charge on any atom is -0.496 e. The number of hydrogen-bond donors (Lipinski definition) is 0. The Balaban J connectivity index is 2.45. The molecule has 0 saturated heterocycles. The Kier molecular flexibility index (Phi) is 4.79. The summed E-state index contributed by atoms with van der Waals surface area (Å²) in [5.74, 6) is 1.53. The molecule has 2 aromatic carbocycles. The second-order valence-corrected chi connectivity index (χ2v) is 5.35. The van der Waals surface area contributed by atoms with Crippen LogP contribution in [0.25, 0.3) is 0 Å². The van der Waals surface area contributed by atoms with Crippen LogP contribution in [0.3, 0.4) is 0 Å². The van der Waals surface area contributed by atoms with Crippen molar-refractivity contribution in [2.24, 2.45) is 0 Å². The molecule has 0 saturated carbocycles. The van der Waals surface area contributed by atoms with Gasteiger partial charge in [-0.3, -0.25) is 0 Å². The summed E-state index contributed by atoms with van der Waals surface area (Å²) in [6.07, 6.45) is 0. The summed E-state index contributed by atoms with van der Waals surface area (Å²) in [5, 5.41) is 0.281. The molecule has 0 aliphatic carbocycles. The van der Waals surface area contributed by atoms with Crippen LogP contribution in [0.5, 0.6) is 11.5 Å². The number of hydrogen-bond acceptors (Lipinski definition) is 2. The number of halogens is 2. The fourth-order valence-electron chi connectivity index (χ4n) is 2.08. The Morgan fingerprint density at radius 3 is 2.30 bits per heavy atom. The summed E-state index contributed by atoms with van der Waals surface area (Å²) < 4.78 is 10.7. The highest BCUT2D eigenvalue weighted by Gasteiger charge is 2.17. The van der Waals surface area contributed by atoms with Crippen molar-refractivity contribution in [1.29, 1.82) is 0 Å². The number of aryl methyl sites for hydroxylation is 1. The number of methoxy groups -OCH3 is 2. The van der Waals surface area contributed by atoms with Gasteiger partial charge in [0.1, 0.15) is 11.5 Å². The lowest BCUT2D eigenvalue weighted by molar-refractivity contribution is 0.408. The lowest BCUT2D eigenvalue weighted by atomic mass is 10.0. The molecule has 0 aliphatic heterocycles. The molecule has 0 amide bonds. The smallest absolute Gasteiger partial charge is 0.123 e. The molecule has 2 nitrogen and oxygen atoms in total. The Morgan fingerprint density at radius 2 is 1.65 bits per heavy atom. The van der Waals surface area contributed by atoms with Gasteiger partial charge in [-0.25, -0.2) is 0 Å². The molecular weight excluding hydrogens is 295 g/mol. The molecule has 0 aromatic heterocycles. The highest BCUT2D eigenvalue weighted by atomic mass is 35.5. The van der Waals surface area contributed by atoms with E-state index in [1.807, 2.05) is 37.3 Å². The fraction of sp³-hybridized carbons (Fsp3) is 0.250. The van der Waals surface area contributed by atoms with Gasteiger partial charge in [0, 0.05) is 10.6 Å². The molecular formula is C16H16Cl2O2. The van der Waals surface area contributed by atoms with E-state index in [1.165, 1.54) is 0 Å². The Morgan fingerprint density at radius 1 is 0.950 bits per heavy atom. The Bertz CT molecular complexity index is 611. The highest BCUT2D eigenvalue weighted by Crippen LogP contribution is 2.38. The number of ether oxygens (including phenoxy) is 2. The third kappa shape index (κ3) is 3.02. The topological polar surface area (TPSA) is 18.5 Å². The molecule has 4 heteroatoms. The van der Waals surface area contributed by atoms with Crippen molar-refractivity contribution < 1.29 is 9.47 Å². The molecule has 2 rings (SSSR count). The van der Waals surface area contributed by atoms with Gasteiger partial charge >= 0.3 is 0 Å². The molecule has 0 bridgehead atoms. The zero-order valence-electron chi connectivity index (χ0n) is 11.6. The van der Waals surface area contributed by atoms with Crippen LogP contribution in [0.4, 0.5) is 0 Å². The first-order valence-electron chi connectivity index (χ1n) is 6.19. The molecule has 0 fully saturated rings. The maximum Gasteiger partial charge on any atom is 0.123 e. The predicted octanol–water partition coefficient (Wildman–Crippen LogP) is 4.99. The van der Waals surface area contributed by atoms with E-state index in [1.54, 1.807) is 20.3 Å². The number of rotatable bonds is 4. The van der Waals surface area contributed by atoms with Gasteiger partial charge in [0.25, 0.3) is 0 Å². The molecule has 1 unspecified atom stereocenters. The van der Waals surface area contributed by atoms with Crippen LogP contribution in [0.15, 0.2) is 36.4 Å². The van der Waals surface area contributed by atoms with Crippen LogP contribution in [0.2, 0.25) is 5.02 Å². The minimum absolute atomic E-state index is 0.349. The van der Waals surface area contributed by atoms with E-state index in [9.17, 15) is 0 Å². The molecule has 0 radical (unpaired) electrons. The zero-order valence-corrected chi connectivity index (χ0v) is 13.1. The maximum atomic E-state index is 6.57. The van der Waals surface area contributed by atoms with E-state index in [-0.39, 0.29) is 5.38 Å². The van der Waals surface area contributed by atoms with Gasteiger partial charge in [0.05, 0.1) is 19.6 Å². The van der Waals surface area contributed by atoms with Crippen LogP contribution < -0.4 is 9.47 Å². The van der Waals surface area contributed by atoms with E-state index in [0.717, 1.165) is 22.4 Å². The van der Waals surface area contributed by atoms with Crippen LogP contribution in [-0.4, -0.2) is 14.2 Å². The monoisotopic (exact) mass is 310 g/mol. The number of benzene rings is 2. The van der Waals surface area contributed by atoms with Gasteiger partial charge < -0.3 is 9.47 Å². The van der Waals surface area contributed by atoms with Gasteiger partial charge in [0.15, 0.2) is 0 Å². The largest absolute Gasteiger partial charge is 0.496 e. The first-order chi connectivity index (χ1) is 9.56. The lowest BCUT2D eigenvalue weighted by Crippen LogP contribution is -1.99. The van der Waals surface area contributed by atoms with Crippen molar-refractivity contribution in [3.8, 4) is 11.5 Å². The van der Waals surface area contributed by atoms with Gasteiger partial charge in [0.2, 0.25) is 0 Å². The summed E-state index contributed by atoms with van der Waals surface area (Å²) in [7, 11) is 3.27. The van der Waals surface area contributed by atoms with Crippen molar-refractivity contribution in [3.63, 3.8) is 0 Å². The maximum absolute atomic E-state index is 6.57. The Labute approximate surface area is 129 Å². The Hall–Kier alpha value is -1.38. The molecule has 106 valence electrons. The van der Waals surface area contributed by atoms with Crippen LogP contribution in [-0.2, 0) is 0 Å². The predicted molar refractivity (Wildman–Crippen MR) is 83.4 cm³/mol. The first kappa shape index (κ1) is 15.0. The molecule has 0 spiro atoms.